The van der Waals surface area contributed by atoms with Gasteiger partial charge in [-0.05, 0) is 24.3 Å². The van der Waals surface area contributed by atoms with Crippen LogP contribution in [0.3, 0.4) is 0 Å². The van der Waals surface area contributed by atoms with Crippen LogP contribution in [-0.4, -0.2) is 61.9 Å². The van der Waals surface area contributed by atoms with Crippen LogP contribution in [0.25, 0.3) is 0 Å². The molecule has 0 spiro atoms. The molecule has 1 aliphatic rings. The Bertz CT molecular complexity index is 941. The predicted molar refractivity (Wildman–Crippen MR) is 100 cm³/mol. The lowest BCUT2D eigenvalue weighted by molar-refractivity contribution is 0.0730. The molecule has 0 aliphatic carbocycles. The molecule has 1 amide bonds. The van der Waals surface area contributed by atoms with E-state index >= 15 is 0 Å². The van der Waals surface area contributed by atoms with E-state index in [1.54, 1.807) is 12.1 Å². The molecule has 146 valence electrons. The van der Waals surface area contributed by atoms with Crippen LogP contribution < -0.4 is 0 Å². The summed E-state index contributed by atoms with van der Waals surface area (Å²) >= 11 is 3.27. The molecule has 2 heterocycles. The van der Waals surface area contributed by atoms with Gasteiger partial charge in [-0.2, -0.15) is 4.31 Å². The molecule has 0 radical (unpaired) electrons. The Kier molecular flexibility index (Phi) is 5.99. The molecule has 1 aromatic carbocycles. The number of hydrogen-bond acceptors (Lipinski definition) is 4. The molecule has 0 unspecified atom stereocenters. The van der Waals surface area contributed by atoms with E-state index in [0.29, 0.717) is 23.2 Å². The third-order valence-corrected chi connectivity index (χ3v) is 6.63. The third-order valence-electron chi connectivity index (χ3n) is 4.26. The standard InChI is InChI=1S/C17H19BrFN3O4S/c1-21(11-12-8-13(18)2-3-15(12)19)17(23)16-9-14(10-20-16)27(24,25)22-4-6-26-7-5-22/h2-3,8-10,20H,4-7,11H2,1H3. The first kappa shape index (κ1) is 20.0. The molecule has 0 atom stereocenters. The Labute approximate surface area is 165 Å². The number of benzene rings is 1. The number of H-pyrrole nitrogens is 1. The summed E-state index contributed by atoms with van der Waals surface area (Å²) in [4.78, 5) is 16.7. The van der Waals surface area contributed by atoms with Crippen LogP contribution in [-0.2, 0) is 21.3 Å². The minimum atomic E-state index is -3.69. The second kappa shape index (κ2) is 8.09. The van der Waals surface area contributed by atoms with E-state index in [1.165, 1.54) is 34.6 Å². The number of nitrogens with one attached hydrogen (secondary N) is 1. The number of ether oxygens (including phenoxy) is 1. The van der Waals surface area contributed by atoms with Gasteiger partial charge in [-0.1, -0.05) is 15.9 Å². The second-order valence-electron chi connectivity index (χ2n) is 6.16. The molecule has 27 heavy (non-hydrogen) atoms. The lowest BCUT2D eigenvalue weighted by Gasteiger charge is -2.25. The first-order valence-electron chi connectivity index (χ1n) is 8.25. The van der Waals surface area contributed by atoms with Crippen LogP contribution in [0.2, 0.25) is 0 Å². The number of nitrogens with zero attached hydrogens (tertiary/aromatic N) is 2. The first-order valence-corrected chi connectivity index (χ1v) is 10.5. The van der Waals surface area contributed by atoms with Crippen molar-refractivity contribution in [3.05, 3.63) is 52.0 Å². The molecule has 2 aromatic rings. The highest BCUT2D eigenvalue weighted by Crippen LogP contribution is 2.20. The molecule has 10 heteroatoms. The average Bonchev–Trinajstić information content (AvgIpc) is 3.15. The van der Waals surface area contributed by atoms with Crippen molar-refractivity contribution in [2.45, 2.75) is 11.4 Å². The number of hydrogen-bond donors (Lipinski definition) is 1. The fourth-order valence-corrected chi connectivity index (χ4v) is 4.59. The number of morpholine rings is 1. The van der Waals surface area contributed by atoms with Crippen molar-refractivity contribution in [3.63, 3.8) is 0 Å². The van der Waals surface area contributed by atoms with Gasteiger partial charge in [-0.25, -0.2) is 12.8 Å². The summed E-state index contributed by atoms with van der Waals surface area (Å²) in [5.74, 6) is -0.849. The smallest absolute Gasteiger partial charge is 0.270 e. The summed E-state index contributed by atoms with van der Waals surface area (Å²) in [7, 11) is -2.16. The van der Waals surface area contributed by atoms with Crippen molar-refractivity contribution in [2.24, 2.45) is 0 Å². The highest BCUT2D eigenvalue weighted by molar-refractivity contribution is 9.10. The predicted octanol–water partition coefficient (Wildman–Crippen LogP) is 2.21. The molecular formula is C17H19BrFN3O4S. The largest absolute Gasteiger partial charge is 0.379 e. The van der Waals surface area contributed by atoms with E-state index in [4.69, 9.17) is 4.74 Å². The fourth-order valence-electron chi connectivity index (χ4n) is 2.78. The second-order valence-corrected chi connectivity index (χ2v) is 9.02. The third kappa shape index (κ3) is 4.40. The molecular weight excluding hydrogens is 441 g/mol. The van der Waals surface area contributed by atoms with Gasteiger partial charge in [-0.15, -0.1) is 0 Å². The molecule has 1 aromatic heterocycles. The van der Waals surface area contributed by atoms with Crippen molar-refractivity contribution in [2.75, 3.05) is 33.4 Å². The number of amides is 1. The number of sulfonamides is 1. The van der Waals surface area contributed by atoms with E-state index in [0.717, 1.165) is 0 Å². The van der Waals surface area contributed by atoms with Crippen molar-refractivity contribution in [3.8, 4) is 0 Å². The van der Waals surface area contributed by atoms with Crippen molar-refractivity contribution in [1.29, 1.82) is 0 Å². The molecule has 1 fully saturated rings. The monoisotopic (exact) mass is 459 g/mol. The number of halogens is 2. The van der Waals surface area contributed by atoms with Gasteiger partial charge < -0.3 is 14.6 Å². The maximum Gasteiger partial charge on any atom is 0.270 e. The Morgan fingerprint density at radius 3 is 2.74 bits per heavy atom. The fraction of sp³-hybridized carbons (Fsp3) is 0.353. The van der Waals surface area contributed by atoms with Crippen molar-refractivity contribution >= 4 is 31.9 Å². The van der Waals surface area contributed by atoms with Crippen LogP contribution in [0.15, 0.2) is 39.8 Å². The number of aromatic amines is 1. The summed E-state index contributed by atoms with van der Waals surface area (Å²) < 4.78 is 46.4. The van der Waals surface area contributed by atoms with Crippen LogP contribution in [0, 0.1) is 5.82 Å². The van der Waals surface area contributed by atoms with Gasteiger partial charge in [0.1, 0.15) is 16.4 Å². The van der Waals surface area contributed by atoms with Crippen molar-refractivity contribution < 1.29 is 22.3 Å². The van der Waals surface area contributed by atoms with Crippen LogP contribution in [0.4, 0.5) is 4.39 Å². The molecule has 3 rings (SSSR count). The van der Waals surface area contributed by atoms with Gasteiger partial charge in [0.15, 0.2) is 0 Å². The Morgan fingerprint density at radius 2 is 2.04 bits per heavy atom. The summed E-state index contributed by atoms with van der Waals surface area (Å²) in [6.45, 7) is 1.29. The van der Waals surface area contributed by atoms with Gasteiger partial charge in [-0.3, -0.25) is 4.79 Å². The Hall–Kier alpha value is -1.75. The molecule has 0 bridgehead atoms. The molecule has 7 nitrogen and oxygen atoms in total. The van der Waals surface area contributed by atoms with E-state index in [9.17, 15) is 17.6 Å². The van der Waals surface area contributed by atoms with E-state index < -0.39 is 21.7 Å². The van der Waals surface area contributed by atoms with Gasteiger partial charge in [0.2, 0.25) is 10.0 Å². The molecule has 0 saturated carbocycles. The lowest BCUT2D eigenvalue weighted by atomic mass is 10.2. The van der Waals surface area contributed by atoms with Gasteiger partial charge in [0, 0.05) is 42.9 Å². The number of aromatic nitrogens is 1. The van der Waals surface area contributed by atoms with E-state index in [2.05, 4.69) is 20.9 Å². The molecule has 1 N–H and O–H groups in total. The van der Waals surface area contributed by atoms with Gasteiger partial charge >= 0.3 is 0 Å². The Morgan fingerprint density at radius 1 is 1.33 bits per heavy atom. The summed E-state index contributed by atoms with van der Waals surface area (Å²) in [6.07, 6.45) is 1.30. The first-order chi connectivity index (χ1) is 12.8. The minimum Gasteiger partial charge on any atom is -0.379 e. The number of carbonyl (C=O) groups is 1. The highest BCUT2D eigenvalue weighted by atomic mass is 79.9. The van der Waals surface area contributed by atoms with Gasteiger partial charge in [0.25, 0.3) is 5.91 Å². The normalized spacial score (nSPS) is 15.7. The van der Waals surface area contributed by atoms with Crippen LogP contribution in [0.5, 0.6) is 0 Å². The lowest BCUT2D eigenvalue weighted by Crippen LogP contribution is -2.40. The summed E-state index contributed by atoms with van der Waals surface area (Å²) in [6, 6.07) is 5.80. The molecule has 1 saturated heterocycles. The van der Waals surface area contributed by atoms with E-state index in [1.807, 2.05) is 0 Å². The molecule has 1 aliphatic heterocycles. The maximum absolute atomic E-state index is 13.9. The summed E-state index contributed by atoms with van der Waals surface area (Å²) in [5.41, 5.74) is 0.479. The zero-order chi connectivity index (χ0) is 19.6. The quantitative estimate of drug-likeness (QED) is 0.742. The van der Waals surface area contributed by atoms with Gasteiger partial charge in [0.05, 0.1) is 13.2 Å². The van der Waals surface area contributed by atoms with Crippen LogP contribution >= 0.6 is 15.9 Å². The highest BCUT2D eigenvalue weighted by Gasteiger charge is 2.28. The maximum atomic E-state index is 13.9. The van der Waals surface area contributed by atoms with E-state index in [-0.39, 0.29) is 30.2 Å². The van der Waals surface area contributed by atoms with Crippen molar-refractivity contribution in [1.82, 2.24) is 14.2 Å². The zero-order valence-corrected chi connectivity index (χ0v) is 17.0. The summed E-state index contributed by atoms with van der Waals surface area (Å²) in [5, 5.41) is 0. The topological polar surface area (TPSA) is 82.7 Å². The number of carbonyl (C=O) groups excluding carboxylic acids is 1. The average molecular weight is 460 g/mol. The Balaban J connectivity index is 1.75. The number of rotatable bonds is 5. The van der Waals surface area contributed by atoms with Crippen LogP contribution in [0.1, 0.15) is 16.1 Å². The minimum absolute atomic E-state index is 0.0230. The zero-order valence-electron chi connectivity index (χ0n) is 14.6. The SMILES string of the molecule is CN(Cc1cc(Br)ccc1F)C(=O)c1cc(S(=O)(=O)N2CCOCC2)c[nH]1.